The van der Waals surface area contributed by atoms with E-state index in [-0.39, 0.29) is 11.6 Å². The summed E-state index contributed by atoms with van der Waals surface area (Å²) in [6.07, 6.45) is 0. The van der Waals surface area contributed by atoms with E-state index in [4.69, 9.17) is 5.73 Å². The second-order valence-corrected chi connectivity index (χ2v) is 7.59. The highest BCUT2D eigenvalue weighted by Crippen LogP contribution is 2.33. The van der Waals surface area contributed by atoms with Gasteiger partial charge in [0, 0.05) is 19.8 Å². The highest BCUT2D eigenvalue weighted by atomic mass is 32.2. The molecule has 6 nitrogen and oxygen atoms in total. The Balaban J connectivity index is 1.79. The molecule has 8 heteroatoms. The molecular formula is C18H18N4O2S2. The highest BCUT2D eigenvalue weighted by Gasteiger charge is 2.21. The van der Waals surface area contributed by atoms with Crippen molar-refractivity contribution in [1.82, 2.24) is 9.27 Å². The zero-order valence-electron chi connectivity index (χ0n) is 14.4. The molecule has 0 atom stereocenters. The van der Waals surface area contributed by atoms with Crippen molar-refractivity contribution in [1.29, 1.82) is 0 Å². The number of carbonyl (C=O) groups is 2. The van der Waals surface area contributed by atoms with Crippen LogP contribution in [0, 0.1) is 0 Å². The largest absolute Gasteiger partial charge is 0.365 e. The minimum absolute atomic E-state index is 0.260. The molecule has 0 saturated heterocycles. The first kappa shape index (κ1) is 18.2. The van der Waals surface area contributed by atoms with Crippen LogP contribution in [0.3, 0.4) is 0 Å². The van der Waals surface area contributed by atoms with Gasteiger partial charge in [0.1, 0.15) is 15.6 Å². The van der Waals surface area contributed by atoms with E-state index >= 15 is 0 Å². The summed E-state index contributed by atoms with van der Waals surface area (Å²) >= 11 is 2.48. The first-order chi connectivity index (χ1) is 12.5. The summed E-state index contributed by atoms with van der Waals surface area (Å²) in [5, 5.41) is 5.91. The Labute approximate surface area is 159 Å². The maximum absolute atomic E-state index is 11.9. The SMILES string of the molecule is CN(C)C(=O)Nc1snc(SCc2ccc3ccccc3c2)c1C(N)=O. The lowest BCUT2D eigenvalue weighted by Gasteiger charge is -2.11. The molecule has 0 radical (unpaired) electrons. The summed E-state index contributed by atoms with van der Waals surface area (Å²) in [7, 11) is 3.24. The van der Waals surface area contributed by atoms with Gasteiger partial charge in [-0.25, -0.2) is 4.79 Å². The monoisotopic (exact) mass is 386 g/mol. The van der Waals surface area contributed by atoms with Crippen molar-refractivity contribution < 1.29 is 9.59 Å². The number of hydrogen-bond acceptors (Lipinski definition) is 5. The molecule has 0 aliphatic heterocycles. The maximum Gasteiger partial charge on any atom is 0.321 e. The number of rotatable bonds is 5. The Hall–Kier alpha value is -2.58. The Morgan fingerprint density at radius 1 is 1.19 bits per heavy atom. The van der Waals surface area contributed by atoms with Crippen LogP contribution in [0.1, 0.15) is 15.9 Å². The van der Waals surface area contributed by atoms with Crippen molar-refractivity contribution in [2.45, 2.75) is 10.8 Å². The van der Waals surface area contributed by atoms with Crippen LogP contribution in [0.15, 0.2) is 47.5 Å². The fourth-order valence-corrected chi connectivity index (χ4v) is 4.27. The van der Waals surface area contributed by atoms with Gasteiger partial charge in [-0.3, -0.25) is 10.1 Å². The predicted octanol–water partition coefficient (Wildman–Crippen LogP) is 3.78. The number of thioether (sulfide) groups is 1. The molecule has 3 rings (SSSR count). The van der Waals surface area contributed by atoms with Gasteiger partial charge in [0.05, 0.1) is 0 Å². The molecule has 3 N–H and O–H groups in total. The van der Waals surface area contributed by atoms with E-state index in [2.05, 4.69) is 40.0 Å². The first-order valence-electron chi connectivity index (χ1n) is 7.84. The second-order valence-electron chi connectivity index (χ2n) is 5.85. The standard InChI is InChI=1S/C18H18N4O2S2/c1-22(2)18(24)20-16-14(15(19)23)17(21-26-16)25-10-11-7-8-12-5-3-4-6-13(12)9-11/h3-9H,10H2,1-2H3,(H2,19,23)(H,20,24). The number of carbonyl (C=O) groups excluding carboxylic acids is 2. The average Bonchev–Trinajstić information content (AvgIpc) is 3.02. The Morgan fingerprint density at radius 3 is 2.62 bits per heavy atom. The third-order valence-electron chi connectivity index (χ3n) is 3.72. The van der Waals surface area contributed by atoms with Gasteiger partial charge in [0.25, 0.3) is 5.91 Å². The molecule has 0 fully saturated rings. The summed E-state index contributed by atoms with van der Waals surface area (Å²) in [4.78, 5) is 25.1. The van der Waals surface area contributed by atoms with E-state index in [1.54, 1.807) is 14.1 Å². The molecule has 0 spiro atoms. The number of anilines is 1. The number of nitrogens with zero attached hydrogens (tertiary/aromatic N) is 2. The molecule has 0 saturated carbocycles. The fraction of sp³-hybridized carbons (Fsp3) is 0.167. The molecule has 0 bridgehead atoms. The number of urea groups is 1. The van der Waals surface area contributed by atoms with E-state index in [0.717, 1.165) is 22.5 Å². The Morgan fingerprint density at radius 2 is 1.92 bits per heavy atom. The summed E-state index contributed by atoms with van der Waals surface area (Å²) < 4.78 is 4.30. The van der Waals surface area contributed by atoms with Gasteiger partial charge >= 0.3 is 6.03 Å². The van der Waals surface area contributed by atoms with E-state index in [0.29, 0.717) is 15.8 Å². The van der Waals surface area contributed by atoms with Crippen molar-refractivity contribution >= 4 is 51.0 Å². The first-order valence-corrected chi connectivity index (χ1v) is 9.60. The molecule has 1 heterocycles. The number of aromatic nitrogens is 1. The van der Waals surface area contributed by atoms with Crippen molar-refractivity contribution in [3.05, 3.63) is 53.6 Å². The second kappa shape index (κ2) is 7.76. The summed E-state index contributed by atoms with van der Waals surface area (Å²) in [5.74, 6) is 0.0458. The molecule has 26 heavy (non-hydrogen) atoms. The molecule has 2 aromatic carbocycles. The lowest BCUT2D eigenvalue weighted by atomic mass is 10.1. The predicted molar refractivity (Wildman–Crippen MR) is 107 cm³/mol. The molecular weight excluding hydrogens is 368 g/mol. The maximum atomic E-state index is 11.9. The van der Waals surface area contributed by atoms with Crippen molar-refractivity contribution in [3.8, 4) is 0 Å². The molecule has 0 aliphatic rings. The summed E-state index contributed by atoms with van der Waals surface area (Å²) in [6.45, 7) is 0. The lowest BCUT2D eigenvalue weighted by Crippen LogP contribution is -2.28. The molecule has 0 aliphatic carbocycles. The van der Waals surface area contributed by atoms with Crippen LogP contribution < -0.4 is 11.1 Å². The number of amides is 3. The molecule has 3 aromatic rings. The third-order valence-corrected chi connectivity index (χ3v) is 5.65. The van der Waals surface area contributed by atoms with Gasteiger partial charge < -0.3 is 10.6 Å². The molecule has 1 aromatic heterocycles. The zero-order chi connectivity index (χ0) is 18.7. The van der Waals surface area contributed by atoms with Gasteiger partial charge in [-0.05, 0) is 27.9 Å². The smallest absolute Gasteiger partial charge is 0.321 e. The number of nitrogens with one attached hydrogen (secondary N) is 1. The number of nitrogens with two attached hydrogens (primary N) is 1. The number of primary amides is 1. The lowest BCUT2D eigenvalue weighted by molar-refractivity contribution is 0.0998. The number of fused-ring (bicyclic) bond motifs is 1. The van der Waals surface area contributed by atoms with Crippen LogP contribution in [0.2, 0.25) is 0 Å². The van der Waals surface area contributed by atoms with Gasteiger partial charge in [-0.2, -0.15) is 4.37 Å². The Bertz CT molecular complexity index is 969. The van der Waals surface area contributed by atoms with E-state index in [9.17, 15) is 9.59 Å². The normalized spacial score (nSPS) is 10.7. The van der Waals surface area contributed by atoms with Crippen LogP contribution >= 0.6 is 23.3 Å². The van der Waals surface area contributed by atoms with Crippen molar-refractivity contribution in [2.75, 3.05) is 19.4 Å². The fourth-order valence-electron chi connectivity index (χ4n) is 2.37. The summed E-state index contributed by atoms with van der Waals surface area (Å²) in [6, 6.07) is 14.1. The average molecular weight is 387 g/mol. The Kier molecular flexibility index (Phi) is 5.43. The van der Waals surface area contributed by atoms with Crippen LogP contribution in [-0.4, -0.2) is 35.3 Å². The highest BCUT2D eigenvalue weighted by molar-refractivity contribution is 7.98. The van der Waals surface area contributed by atoms with Gasteiger partial charge in [-0.1, -0.05) is 54.2 Å². The molecule has 3 amide bonds. The third kappa shape index (κ3) is 3.97. The van der Waals surface area contributed by atoms with Gasteiger partial charge in [0.2, 0.25) is 0 Å². The van der Waals surface area contributed by atoms with Crippen molar-refractivity contribution in [3.63, 3.8) is 0 Å². The van der Waals surface area contributed by atoms with Crippen LogP contribution in [0.5, 0.6) is 0 Å². The summed E-state index contributed by atoms with van der Waals surface area (Å²) in [5.41, 5.74) is 6.89. The van der Waals surface area contributed by atoms with Crippen LogP contribution in [0.4, 0.5) is 9.80 Å². The van der Waals surface area contributed by atoms with E-state index in [1.807, 2.05) is 12.1 Å². The van der Waals surface area contributed by atoms with Crippen molar-refractivity contribution in [2.24, 2.45) is 5.73 Å². The van der Waals surface area contributed by atoms with Crippen LogP contribution in [0.25, 0.3) is 10.8 Å². The van der Waals surface area contributed by atoms with Gasteiger partial charge in [0.15, 0.2) is 0 Å². The number of hydrogen-bond donors (Lipinski definition) is 2. The topological polar surface area (TPSA) is 88.3 Å². The molecule has 134 valence electrons. The van der Waals surface area contributed by atoms with Gasteiger partial charge in [-0.15, -0.1) is 0 Å². The zero-order valence-corrected chi connectivity index (χ0v) is 16.0. The quantitative estimate of drug-likeness (QED) is 0.653. The van der Waals surface area contributed by atoms with Crippen LogP contribution in [-0.2, 0) is 5.75 Å². The molecule has 0 unspecified atom stereocenters. The van der Waals surface area contributed by atoms with E-state index < -0.39 is 5.91 Å². The van der Waals surface area contributed by atoms with E-state index in [1.165, 1.54) is 22.0 Å². The minimum atomic E-state index is -0.603. The minimum Gasteiger partial charge on any atom is -0.365 e. The number of benzene rings is 2.